The Morgan fingerprint density at radius 2 is 2.16 bits per heavy atom. The third-order valence-corrected chi connectivity index (χ3v) is 3.84. The molecule has 5 heteroatoms. The number of nitrogens with zero attached hydrogens (tertiary/aromatic N) is 1. The lowest BCUT2D eigenvalue weighted by atomic mass is 10.0. The van der Waals surface area contributed by atoms with Gasteiger partial charge in [0, 0.05) is 25.3 Å². The van der Waals surface area contributed by atoms with Crippen LogP contribution in [0.15, 0.2) is 0 Å². The minimum absolute atomic E-state index is 0.00189. The Hall–Kier alpha value is -0.970. The Kier molecular flexibility index (Phi) is 4.55. The van der Waals surface area contributed by atoms with E-state index in [0.29, 0.717) is 32.2 Å². The van der Waals surface area contributed by atoms with Gasteiger partial charge in [-0.1, -0.05) is 0 Å². The van der Waals surface area contributed by atoms with E-state index >= 15 is 0 Å². The quantitative estimate of drug-likeness (QED) is 0.785. The Morgan fingerprint density at radius 3 is 2.68 bits per heavy atom. The van der Waals surface area contributed by atoms with Gasteiger partial charge < -0.3 is 9.64 Å². The number of carbonyl (C=O) groups excluding carboxylic acids is 2. The van der Waals surface area contributed by atoms with Gasteiger partial charge in [-0.05, 0) is 26.7 Å². The Bertz CT molecular complexity index is 359. The fourth-order valence-electron chi connectivity index (χ4n) is 2.87. The third kappa shape index (κ3) is 3.53. The van der Waals surface area contributed by atoms with Gasteiger partial charge in [-0.2, -0.15) is 0 Å². The molecule has 3 atom stereocenters. The van der Waals surface area contributed by atoms with Crippen molar-refractivity contribution in [3.05, 3.63) is 0 Å². The average Bonchev–Trinajstić information content (AvgIpc) is 2.77. The van der Waals surface area contributed by atoms with Gasteiger partial charge in [0.1, 0.15) is 12.0 Å². The molecular weight excluding hydrogens is 249 g/mol. The van der Waals surface area contributed by atoms with Gasteiger partial charge in [0.2, 0.25) is 5.91 Å². The molecule has 1 amide bonds. The minimum atomic E-state index is -1.13. The van der Waals surface area contributed by atoms with E-state index in [1.807, 2.05) is 13.8 Å². The molecule has 0 N–H and O–H groups in total. The Morgan fingerprint density at radius 1 is 1.42 bits per heavy atom. The van der Waals surface area contributed by atoms with E-state index in [2.05, 4.69) is 0 Å². The van der Waals surface area contributed by atoms with Gasteiger partial charge in [0.25, 0.3) is 0 Å². The number of likely N-dealkylation sites (tertiary alicyclic amines) is 1. The average molecular weight is 271 g/mol. The molecule has 0 spiro atoms. The highest BCUT2D eigenvalue weighted by Gasteiger charge is 2.37. The molecule has 19 heavy (non-hydrogen) atoms. The van der Waals surface area contributed by atoms with Crippen molar-refractivity contribution in [2.24, 2.45) is 5.92 Å². The zero-order chi connectivity index (χ0) is 14.0. The van der Waals surface area contributed by atoms with Crippen LogP contribution in [0.1, 0.15) is 39.5 Å². The lowest BCUT2D eigenvalue weighted by Crippen LogP contribution is -2.50. The summed E-state index contributed by atoms with van der Waals surface area (Å²) >= 11 is 0. The molecule has 1 aliphatic heterocycles. The van der Waals surface area contributed by atoms with Crippen LogP contribution < -0.4 is 0 Å². The van der Waals surface area contributed by atoms with Gasteiger partial charge in [0.15, 0.2) is 0 Å². The molecule has 4 nitrogen and oxygen atoms in total. The normalized spacial score (nSPS) is 32.1. The molecule has 1 unspecified atom stereocenters. The van der Waals surface area contributed by atoms with Crippen LogP contribution in [-0.4, -0.2) is 48.1 Å². The van der Waals surface area contributed by atoms with Crippen molar-refractivity contribution in [1.82, 2.24) is 4.90 Å². The zero-order valence-electron chi connectivity index (χ0n) is 11.6. The first kappa shape index (κ1) is 14.4. The number of hydrogen-bond acceptors (Lipinski definition) is 3. The van der Waals surface area contributed by atoms with Gasteiger partial charge in [-0.15, -0.1) is 0 Å². The summed E-state index contributed by atoms with van der Waals surface area (Å²) in [6, 6.07) is 0. The number of alkyl halides is 1. The van der Waals surface area contributed by atoms with Crippen LogP contribution in [-0.2, 0) is 14.3 Å². The van der Waals surface area contributed by atoms with Crippen molar-refractivity contribution in [1.29, 1.82) is 0 Å². The number of ether oxygens (including phenoxy) is 1. The summed E-state index contributed by atoms with van der Waals surface area (Å²) in [6.07, 6.45) is 0.438. The maximum atomic E-state index is 14.0. The van der Waals surface area contributed by atoms with E-state index in [1.165, 1.54) is 0 Å². The van der Waals surface area contributed by atoms with Crippen molar-refractivity contribution >= 4 is 11.7 Å². The molecule has 0 bridgehead atoms. The molecule has 1 heterocycles. The van der Waals surface area contributed by atoms with Crippen molar-refractivity contribution in [2.75, 3.05) is 13.1 Å². The SMILES string of the molecule is CC(C)OC1CCN(C(=O)[C@@H]2CCC(=O)C2)C[C@H]1F. The standard InChI is InChI=1S/C14H22FNO3/c1-9(2)19-13-5-6-16(8-12(13)15)14(18)10-3-4-11(17)7-10/h9-10,12-13H,3-8H2,1-2H3/t10-,12-,13?/m1/s1. The lowest BCUT2D eigenvalue weighted by Gasteiger charge is -2.36. The summed E-state index contributed by atoms with van der Waals surface area (Å²) in [6.45, 7) is 4.39. The van der Waals surface area contributed by atoms with E-state index in [4.69, 9.17) is 4.74 Å². The summed E-state index contributed by atoms with van der Waals surface area (Å²) in [5.74, 6) is -0.132. The van der Waals surface area contributed by atoms with Gasteiger partial charge >= 0.3 is 0 Å². The van der Waals surface area contributed by atoms with E-state index in [9.17, 15) is 14.0 Å². The van der Waals surface area contributed by atoms with E-state index < -0.39 is 12.3 Å². The number of halogens is 1. The molecule has 2 aliphatic rings. The van der Waals surface area contributed by atoms with E-state index in [-0.39, 0.29) is 30.3 Å². The molecule has 0 aromatic heterocycles. The smallest absolute Gasteiger partial charge is 0.226 e. The molecule has 1 saturated heterocycles. The Balaban J connectivity index is 1.87. The maximum absolute atomic E-state index is 14.0. The van der Waals surface area contributed by atoms with Crippen LogP contribution in [0.3, 0.4) is 0 Å². The molecule has 0 radical (unpaired) electrons. The number of Topliss-reactive ketones (excluding diaryl/α,β-unsaturated/α-hetero) is 1. The number of hydrogen-bond donors (Lipinski definition) is 0. The second-order valence-electron chi connectivity index (χ2n) is 5.79. The van der Waals surface area contributed by atoms with Crippen molar-refractivity contribution in [3.63, 3.8) is 0 Å². The van der Waals surface area contributed by atoms with Gasteiger partial charge in [-0.25, -0.2) is 4.39 Å². The van der Waals surface area contributed by atoms with Crippen LogP contribution >= 0.6 is 0 Å². The fraction of sp³-hybridized carbons (Fsp3) is 0.857. The largest absolute Gasteiger partial charge is 0.372 e. The first-order valence-corrected chi connectivity index (χ1v) is 7.07. The first-order valence-electron chi connectivity index (χ1n) is 7.07. The number of rotatable bonds is 3. The Labute approximate surface area is 113 Å². The predicted octanol–water partition coefficient (Wildman–Crippen LogP) is 1.72. The predicted molar refractivity (Wildman–Crippen MR) is 68.5 cm³/mol. The van der Waals surface area contributed by atoms with E-state index in [0.717, 1.165) is 0 Å². The van der Waals surface area contributed by atoms with Crippen LogP contribution in [0.2, 0.25) is 0 Å². The summed E-state index contributed by atoms with van der Waals surface area (Å²) in [4.78, 5) is 25.0. The summed E-state index contributed by atoms with van der Waals surface area (Å²) < 4.78 is 19.5. The lowest BCUT2D eigenvalue weighted by molar-refractivity contribution is -0.143. The summed E-state index contributed by atoms with van der Waals surface area (Å²) in [5, 5.41) is 0. The summed E-state index contributed by atoms with van der Waals surface area (Å²) in [7, 11) is 0. The number of piperidine rings is 1. The molecule has 0 aromatic rings. The third-order valence-electron chi connectivity index (χ3n) is 3.84. The minimum Gasteiger partial charge on any atom is -0.372 e. The van der Waals surface area contributed by atoms with Gasteiger partial charge in [-0.3, -0.25) is 9.59 Å². The molecule has 2 rings (SSSR count). The van der Waals surface area contributed by atoms with Gasteiger partial charge in [0.05, 0.1) is 18.8 Å². The first-order chi connectivity index (χ1) is 8.97. The monoisotopic (exact) mass is 271 g/mol. The van der Waals surface area contributed by atoms with Crippen LogP contribution in [0.5, 0.6) is 0 Å². The van der Waals surface area contributed by atoms with Crippen molar-refractivity contribution in [3.8, 4) is 0 Å². The molecular formula is C14H22FNO3. The summed E-state index contributed by atoms with van der Waals surface area (Å²) in [5.41, 5.74) is 0. The van der Waals surface area contributed by atoms with Crippen molar-refractivity contribution < 1.29 is 18.7 Å². The highest BCUT2D eigenvalue weighted by atomic mass is 19.1. The molecule has 1 aliphatic carbocycles. The van der Waals surface area contributed by atoms with Crippen molar-refractivity contribution in [2.45, 2.75) is 57.9 Å². The maximum Gasteiger partial charge on any atom is 0.226 e. The van der Waals surface area contributed by atoms with Crippen LogP contribution in [0, 0.1) is 5.92 Å². The molecule has 0 aromatic carbocycles. The number of amides is 1. The highest BCUT2D eigenvalue weighted by Crippen LogP contribution is 2.27. The second kappa shape index (κ2) is 5.99. The zero-order valence-corrected chi connectivity index (χ0v) is 11.6. The van der Waals surface area contributed by atoms with Crippen LogP contribution in [0.25, 0.3) is 0 Å². The topological polar surface area (TPSA) is 46.6 Å². The molecule has 108 valence electrons. The molecule has 1 saturated carbocycles. The van der Waals surface area contributed by atoms with E-state index in [1.54, 1.807) is 4.90 Å². The highest BCUT2D eigenvalue weighted by molar-refractivity contribution is 5.90. The number of ketones is 1. The van der Waals surface area contributed by atoms with Crippen LogP contribution in [0.4, 0.5) is 4.39 Å². The fourth-order valence-corrected chi connectivity index (χ4v) is 2.87. The number of carbonyl (C=O) groups is 2. The second-order valence-corrected chi connectivity index (χ2v) is 5.79. The molecule has 2 fully saturated rings.